The fraction of sp³-hybridized carbons (Fsp3) is 0.333. The topological polar surface area (TPSA) is 0 Å². The molecular weight excluding hydrogens is 180 g/mol. The zero-order valence-corrected chi connectivity index (χ0v) is 8.51. The molecule has 0 amide bonds. The first-order chi connectivity index (χ1) is 6.29. The zero-order valence-electron chi connectivity index (χ0n) is 7.76. The molecule has 0 bridgehead atoms. The number of hydrogen-bond donors (Lipinski definition) is 0. The molecule has 0 nitrogen and oxygen atoms in total. The molecule has 0 radical (unpaired) electrons. The van der Waals surface area contributed by atoms with E-state index in [4.69, 9.17) is 11.6 Å². The van der Waals surface area contributed by atoms with Crippen molar-refractivity contribution in [1.82, 2.24) is 0 Å². The lowest BCUT2D eigenvalue weighted by atomic mass is 9.95. The number of alkyl halides is 1. The van der Waals surface area contributed by atoms with Crippen LogP contribution in [0.15, 0.2) is 24.3 Å². The van der Waals surface area contributed by atoms with Crippen molar-refractivity contribution in [3.8, 4) is 0 Å². The van der Waals surface area contributed by atoms with Crippen LogP contribution in [0.5, 0.6) is 0 Å². The third-order valence-electron chi connectivity index (χ3n) is 2.52. The summed E-state index contributed by atoms with van der Waals surface area (Å²) < 4.78 is 0. The van der Waals surface area contributed by atoms with Crippen LogP contribution in [0.3, 0.4) is 0 Å². The average Bonchev–Trinajstić information content (AvgIpc) is 2.17. The molecule has 1 aromatic rings. The van der Waals surface area contributed by atoms with Crippen molar-refractivity contribution < 1.29 is 0 Å². The van der Waals surface area contributed by atoms with Gasteiger partial charge in [0.25, 0.3) is 0 Å². The molecule has 68 valence electrons. The first-order valence-electron chi connectivity index (χ1n) is 4.73. The minimum Gasteiger partial charge on any atom is -0.118 e. The highest BCUT2D eigenvalue weighted by Gasteiger charge is 2.10. The molecule has 1 aliphatic carbocycles. The van der Waals surface area contributed by atoms with Gasteiger partial charge in [0.15, 0.2) is 0 Å². The van der Waals surface area contributed by atoms with Crippen molar-refractivity contribution in [2.75, 3.05) is 0 Å². The van der Waals surface area contributed by atoms with Crippen molar-refractivity contribution in [2.24, 2.45) is 0 Å². The number of hydrogen-bond acceptors (Lipinski definition) is 0. The molecule has 1 atom stereocenters. The quantitative estimate of drug-likeness (QED) is 0.599. The van der Waals surface area contributed by atoms with Gasteiger partial charge in [0.1, 0.15) is 0 Å². The summed E-state index contributed by atoms with van der Waals surface area (Å²) in [5.41, 5.74) is 4.12. The molecule has 0 heterocycles. The summed E-state index contributed by atoms with van der Waals surface area (Å²) in [5, 5.41) is 0.181. The Morgan fingerprint density at radius 3 is 3.08 bits per heavy atom. The molecule has 1 heteroatoms. The van der Waals surface area contributed by atoms with Crippen LogP contribution in [0.25, 0.3) is 6.08 Å². The molecule has 1 aromatic carbocycles. The predicted molar refractivity (Wildman–Crippen MR) is 58.2 cm³/mol. The van der Waals surface area contributed by atoms with Crippen LogP contribution in [-0.4, -0.2) is 5.38 Å². The summed E-state index contributed by atoms with van der Waals surface area (Å²) in [6.07, 6.45) is 6.28. The molecular formula is C12H13Cl. The normalized spacial score (nSPS) is 20.0. The third-order valence-corrected chi connectivity index (χ3v) is 2.82. The highest BCUT2D eigenvalue weighted by molar-refractivity contribution is 6.22. The second-order valence-corrected chi connectivity index (χ2v) is 4.03. The van der Waals surface area contributed by atoms with E-state index in [1.807, 2.05) is 0 Å². The number of aryl methyl sites for hydroxylation is 1. The molecule has 0 saturated heterocycles. The molecule has 13 heavy (non-hydrogen) atoms. The summed E-state index contributed by atoms with van der Waals surface area (Å²) in [6, 6.07) is 6.66. The van der Waals surface area contributed by atoms with E-state index in [0.717, 1.165) is 12.8 Å². The summed E-state index contributed by atoms with van der Waals surface area (Å²) in [7, 11) is 0. The number of allylic oxidation sites excluding steroid dienone is 1. The Morgan fingerprint density at radius 2 is 2.31 bits per heavy atom. The first kappa shape index (κ1) is 8.83. The fourth-order valence-corrected chi connectivity index (χ4v) is 1.93. The Balaban J connectivity index is 2.40. The Bertz CT molecular complexity index is 339. The molecule has 0 spiro atoms. The monoisotopic (exact) mass is 192 g/mol. The van der Waals surface area contributed by atoms with Crippen LogP contribution in [0.2, 0.25) is 0 Å². The Kier molecular flexibility index (Phi) is 2.41. The molecule has 0 fully saturated rings. The van der Waals surface area contributed by atoms with Gasteiger partial charge in [-0.15, -0.1) is 11.6 Å². The molecule has 0 aromatic heterocycles. The summed E-state index contributed by atoms with van der Waals surface area (Å²) in [5.74, 6) is 0. The molecule has 1 aliphatic rings. The van der Waals surface area contributed by atoms with E-state index in [0.29, 0.717) is 0 Å². The number of rotatable bonds is 1. The Labute approximate surface area is 84.2 Å². The SMILES string of the molecule is CCc1ccc2c(c1)C=CC(Cl)C2. The van der Waals surface area contributed by atoms with Crippen molar-refractivity contribution >= 4 is 17.7 Å². The van der Waals surface area contributed by atoms with Crippen LogP contribution in [-0.2, 0) is 12.8 Å². The van der Waals surface area contributed by atoms with Gasteiger partial charge < -0.3 is 0 Å². The van der Waals surface area contributed by atoms with Crippen LogP contribution < -0.4 is 0 Å². The van der Waals surface area contributed by atoms with Gasteiger partial charge in [-0.25, -0.2) is 0 Å². The summed E-state index contributed by atoms with van der Waals surface area (Å²) in [4.78, 5) is 0. The molecule has 1 unspecified atom stereocenters. The Hall–Kier alpha value is -0.750. The fourth-order valence-electron chi connectivity index (χ4n) is 1.69. The minimum atomic E-state index is 0.181. The van der Waals surface area contributed by atoms with Gasteiger partial charge in [0.2, 0.25) is 0 Å². The maximum absolute atomic E-state index is 6.03. The number of benzene rings is 1. The highest BCUT2D eigenvalue weighted by atomic mass is 35.5. The van der Waals surface area contributed by atoms with Gasteiger partial charge in [0, 0.05) is 0 Å². The standard InChI is InChI=1S/C12H13Cl/c1-2-9-3-4-11-8-12(13)6-5-10(11)7-9/h3-7,12H,2,8H2,1H3. The molecule has 2 rings (SSSR count). The van der Waals surface area contributed by atoms with Crippen LogP contribution in [0.4, 0.5) is 0 Å². The lowest BCUT2D eigenvalue weighted by molar-refractivity contribution is 0.986. The third kappa shape index (κ3) is 1.78. The van der Waals surface area contributed by atoms with E-state index in [-0.39, 0.29) is 5.38 Å². The summed E-state index contributed by atoms with van der Waals surface area (Å²) >= 11 is 6.03. The first-order valence-corrected chi connectivity index (χ1v) is 5.17. The second-order valence-electron chi connectivity index (χ2n) is 3.47. The van der Waals surface area contributed by atoms with Gasteiger partial charge in [-0.1, -0.05) is 37.3 Å². The minimum absolute atomic E-state index is 0.181. The van der Waals surface area contributed by atoms with Gasteiger partial charge in [0.05, 0.1) is 5.38 Å². The predicted octanol–water partition coefficient (Wildman–Crippen LogP) is 3.43. The number of halogens is 1. The van der Waals surface area contributed by atoms with Crippen molar-refractivity contribution in [1.29, 1.82) is 0 Å². The smallest absolute Gasteiger partial charge is 0.0559 e. The van der Waals surface area contributed by atoms with E-state index < -0.39 is 0 Å². The number of fused-ring (bicyclic) bond motifs is 1. The maximum atomic E-state index is 6.03. The van der Waals surface area contributed by atoms with Crippen LogP contribution in [0.1, 0.15) is 23.6 Å². The van der Waals surface area contributed by atoms with Crippen molar-refractivity contribution in [2.45, 2.75) is 25.1 Å². The largest absolute Gasteiger partial charge is 0.118 e. The highest BCUT2D eigenvalue weighted by Crippen LogP contribution is 2.23. The van der Waals surface area contributed by atoms with E-state index in [9.17, 15) is 0 Å². The van der Waals surface area contributed by atoms with Gasteiger partial charge in [-0.05, 0) is 29.5 Å². The van der Waals surface area contributed by atoms with Crippen LogP contribution in [0, 0.1) is 0 Å². The van der Waals surface area contributed by atoms with E-state index in [1.165, 1.54) is 16.7 Å². The maximum Gasteiger partial charge on any atom is 0.0559 e. The van der Waals surface area contributed by atoms with Gasteiger partial charge in [-0.3, -0.25) is 0 Å². The van der Waals surface area contributed by atoms with E-state index in [1.54, 1.807) is 0 Å². The van der Waals surface area contributed by atoms with Crippen molar-refractivity contribution in [3.05, 3.63) is 41.0 Å². The molecule has 0 N–H and O–H groups in total. The lowest BCUT2D eigenvalue weighted by Crippen LogP contribution is -2.06. The van der Waals surface area contributed by atoms with Crippen LogP contribution >= 0.6 is 11.6 Å². The molecule has 0 saturated carbocycles. The lowest BCUT2D eigenvalue weighted by Gasteiger charge is -2.14. The van der Waals surface area contributed by atoms with Gasteiger partial charge in [-0.2, -0.15) is 0 Å². The average molecular weight is 193 g/mol. The molecule has 0 aliphatic heterocycles. The summed E-state index contributed by atoms with van der Waals surface area (Å²) in [6.45, 7) is 2.18. The van der Waals surface area contributed by atoms with Crippen molar-refractivity contribution in [3.63, 3.8) is 0 Å². The second kappa shape index (κ2) is 3.55. The van der Waals surface area contributed by atoms with E-state index >= 15 is 0 Å². The van der Waals surface area contributed by atoms with Gasteiger partial charge >= 0.3 is 0 Å². The van der Waals surface area contributed by atoms with E-state index in [2.05, 4.69) is 37.3 Å². The zero-order chi connectivity index (χ0) is 9.26. The Morgan fingerprint density at radius 1 is 1.46 bits per heavy atom.